The Morgan fingerprint density at radius 1 is 0.515 bits per heavy atom. The summed E-state index contributed by atoms with van der Waals surface area (Å²) in [5.41, 5.74) is 0. The van der Waals surface area contributed by atoms with Gasteiger partial charge in [-0.1, -0.05) is 19.3 Å². The van der Waals surface area contributed by atoms with Crippen molar-refractivity contribution < 1.29 is 62.0 Å². The van der Waals surface area contributed by atoms with Crippen molar-refractivity contribution in [3.05, 3.63) is 58.2 Å². The predicted molar refractivity (Wildman–Crippen MR) is 89.3 cm³/mol. The highest BCUT2D eigenvalue weighted by molar-refractivity contribution is 7.49. The van der Waals surface area contributed by atoms with E-state index < -0.39 is 83.6 Å². The normalized spacial score (nSPS) is 15.1. The average molecular weight is 512 g/mol. The molecule has 1 aliphatic carbocycles. The summed E-state index contributed by atoms with van der Waals surface area (Å²) in [7, 11) is -5.82. The molecule has 0 heterocycles. The van der Waals surface area contributed by atoms with Gasteiger partial charge in [-0.2, -0.15) is 17.6 Å². The van der Waals surface area contributed by atoms with Crippen LogP contribution in [0.5, 0.6) is 11.5 Å². The van der Waals surface area contributed by atoms with E-state index in [0.29, 0.717) is 19.3 Å². The second-order valence-corrected chi connectivity index (χ2v) is 8.26. The van der Waals surface area contributed by atoms with E-state index in [1.807, 2.05) is 0 Å². The van der Waals surface area contributed by atoms with E-state index in [1.165, 1.54) is 0 Å². The fourth-order valence-electron chi connectivity index (χ4n) is 2.97. The van der Waals surface area contributed by atoms with Gasteiger partial charge in [-0.25, -0.2) is 30.9 Å². The van der Waals surface area contributed by atoms with Crippen LogP contribution >= 0.6 is 7.82 Å². The fourth-order valence-corrected chi connectivity index (χ4v) is 4.44. The van der Waals surface area contributed by atoms with E-state index in [2.05, 4.69) is 9.05 Å². The van der Waals surface area contributed by atoms with Crippen LogP contribution in [0.2, 0.25) is 0 Å². The zero-order chi connectivity index (χ0) is 24.7. The van der Waals surface area contributed by atoms with Gasteiger partial charge < -0.3 is 9.05 Å². The van der Waals surface area contributed by atoms with Crippen LogP contribution in [-0.2, 0) is 9.09 Å². The number of hydrogen-bond donors (Lipinski definition) is 0. The fraction of sp³-hybridized carbons (Fsp3) is 0.333. The molecule has 0 aliphatic heterocycles. The molecule has 0 unspecified atom stereocenters. The summed E-state index contributed by atoms with van der Waals surface area (Å²) in [5, 5.41) is 0. The molecule has 0 aromatic heterocycles. The lowest BCUT2D eigenvalue weighted by molar-refractivity contribution is 0.107. The first-order valence-corrected chi connectivity index (χ1v) is 10.5. The highest BCUT2D eigenvalue weighted by Crippen LogP contribution is 2.54. The third-order valence-corrected chi connectivity index (χ3v) is 5.94. The summed E-state index contributed by atoms with van der Waals surface area (Å²) in [4.78, 5) is 0. The van der Waals surface area contributed by atoms with Crippen LogP contribution in [0.1, 0.15) is 32.1 Å². The van der Waals surface area contributed by atoms with E-state index in [1.54, 1.807) is 0 Å². The monoisotopic (exact) mass is 512 g/mol. The minimum atomic E-state index is -5.82. The van der Waals surface area contributed by atoms with Crippen molar-refractivity contribution >= 4 is 7.82 Å². The van der Waals surface area contributed by atoms with Crippen LogP contribution in [0.4, 0.5) is 43.9 Å². The molecule has 0 saturated heterocycles. The maximum absolute atomic E-state index is 14.0. The van der Waals surface area contributed by atoms with E-state index in [-0.39, 0.29) is 12.8 Å². The minimum absolute atomic E-state index is 0.0882. The molecule has 1 fully saturated rings. The topological polar surface area (TPSA) is 44.8 Å². The Hall–Kier alpha value is -2.47. The number of phosphoric acid groups is 1. The number of benzene rings is 2. The summed E-state index contributed by atoms with van der Waals surface area (Å²) >= 11 is 0. The van der Waals surface area contributed by atoms with Gasteiger partial charge in [0.2, 0.25) is 69.7 Å². The highest BCUT2D eigenvalue weighted by atomic mass is 31.2. The Morgan fingerprint density at radius 2 is 0.818 bits per heavy atom. The van der Waals surface area contributed by atoms with Crippen molar-refractivity contribution in [3.8, 4) is 11.5 Å². The Balaban J connectivity index is 2.11. The molecule has 0 spiro atoms. The zero-order valence-electron chi connectivity index (χ0n) is 16.0. The lowest BCUT2D eigenvalue weighted by atomic mass is 9.98. The molecule has 2 aromatic carbocycles. The van der Waals surface area contributed by atoms with Gasteiger partial charge in [0.1, 0.15) is 0 Å². The van der Waals surface area contributed by atoms with Crippen molar-refractivity contribution in [1.82, 2.24) is 0 Å². The molecule has 1 aliphatic rings. The Kier molecular flexibility index (Phi) is 7.18. The predicted octanol–water partition coefficient (Wildman–Crippen LogP) is 6.99. The lowest BCUT2D eigenvalue weighted by Crippen LogP contribution is -2.20. The summed E-state index contributed by atoms with van der Waals surface area (Å²) in [6.45, 7) is 0. The molecule has 0 radical (unpaired) electrons. The number of rotatable bonds is 6. The molecule has 33 heavy (non-hydrogen) atoms. The van der Waals surface area contributed by atoms with Gasteiger partial charge >= 0.3 is 7.82 Å². The van der Waals surface area contributed by atoms with Crippen LogP contribution in [0.15, 0.2) is 0 Å². The molecule has 3 rings (SSSR count). The van der Waals surface area contributed by atoms with Crippen molar-refractivity contribution in [3.63, 3.8) is 0 Å². The molecule has 0 atom stereocenters. The number of halogens is 10. The van der Waals surface area contributed by atoms with E-state index in [4.69, 9.17) is 4.52 Å². The van der Waals surface area contributed by atoms with E-state index in [0.717, 1.165) is 0 Å². The first-order chi connectivity index (χ1) is 15.4. The Morgan fingerprint density at radius 3 is 1.15 bits per heavy atom. The van der Waals surface area contributed by atoms with Gasteiger partial charge in [0.05, 0.1) is 6.10 Å². The van der Waals surface area contributed by atoms with Crippen LogP contribution in [0.25, 0.3) is 0 Å². The second kappa shape index (κ2) is 9.41. The maximum atomic E-state index is 14.0. The molecule has 2 aromatic rings. The van der Waals surface area contributed by atoms with Crippen molar-refractivity contribution in [2.45, 2.75) is 38.2 Å². The molecule has 15 heteroatoms. The molecular weight excluding hydrogens is 501 g/mol. The molecule has 1 saturated carbocycles. The van der Waals surface area contributed by atoms with E-state index >= 15 is 0 Å². The van der Waals surface area contributed by atoms with Crippen LogP contribution in [0.3, 0.4) is 0 Å². The molecule has 4 nitrogen and oxygen atoms in total. The Bertz CT molecular complexity index is 1000. The smallest absolute Gasteiger partial charge is 0.388 e. The summed E-state index contributed by atoms with van der Waals surface area (Å²) in [6.07, 6.45) is 0.592. The van der Waals surface area contributed by atoms with Gasteiger partial charge in [0, 0.05) is 0 Å². The average Bonchev–Trinajstić information content (AvgIpc) is 2.80. The highest BCUT2D eigenvalue weighted by Gasteiger charge is 2.42. The molecule has 182 valence electrons. The summed E-state index contributed by atoms with van der Waals surface area (Å²) in [6, 6.07) is 0. The number of hydrogen-bond acceptors (Lipinski definition) is 4. The third kappa shape index (κ3) is 4.77. The molecule has 0 amide bonds. The number of phosphoric ester groups is 1. The minimum Gasteiger partial charge on any atom is -0.388 e. The molecule has 0 N–H and O–H groups in total. The SMILES string of the molecule is O=P(Oc1c(F)c(F)c(F)c(F)c1F)(Oc1c(F)c(F)c(F)c(F)c1F)OC1CCCCC1. The van der Waals surface area contributed by atoms with Crippen LogP contribution in [0, 0.1) is 58.2 Å². The lowest BCUT2D eigenvalue weighted by Gasteiger charge is -2.27. The van der Waals surface area contributed by atoms with Gasteiger partial charge in [-0.05, 0) is 12.8 Å². The Labute approximate surface area is 178 Å². The van der Waals surface area contributed by atoms with Gasteiger partial charge in [0.25, 0.3) is 0 Å². The van der Waals surface area contributed by atoms with Crippen molar-refractivity contribution in [2.24, 2.45) is 0 Å². The first-order valence-electron chi connectivity index (χ1n) is 9.08. The van der Waals surface area contributed by atoms with Gasteiger partial charge in [-0.15, -0.1) is 0 Å². The van der Waals surface area contributed by atoms with Crippen LogP contribution in [-0.4, -0.2) is 6.10 Å². The molecular formula is C18H11F10O4P. The largest absolute Gasteiger partial charge is 0.588 e. The quantitative estimate of drug-likeness (QED) is 0.181. The van der Waals surface area contributed by atoms with Gasteiger partial charge in [0.15, 0.2) is 0 Å². The van der Waals surface area contributed by atoms with Gasteiger partial charge in [-0.3, -0.25) is 4.52 Å². The third-order valence-electron chi connectivity index (χ3n) is 4.58. The van der Waals surface area contributed by atoms with Crippen molar-refractivity contribution in [1.29, 1.82) is 0 Å². The van der Waals surface area contributed by atoms with E-state index in [9.17, 15) is 48.5 Å². The standard InChI is InChI=1S/C18H11F10O4P/c19-7-9(21)13(25)17(14(26)10(7)22)31-33(29,30-6-4-2-1-3-5-6)32-18-15(27)11(23)8(20)12(24)16(18)28/h6H,1-5H2. The molecule has 0 bridgehead atoms. The summed E-state index contributed by atoms with van der Waals surface area (Å²) in [5.74, 6) is -30.4. The second-order valence-electron chi connectivity index (χ2n) is 6.79. The van der Waals surface area contributed by atoms with Crippen LogP contribution < -0.4 is 9.05 Å². The summed E-state index contributed by atoms with van der Waals surface area (Å²) < 4.78 is 163. The first kappa shape index (κ1) is 25.2. The maximum Gasteiger partial charge on any atom is 0.588 e. The zero-order valence-corrected chi connectivity index (χ0v) is 16.9. The van der Waals surface area contributed by atoms with Crippen molar-refractivity contribution in [2.75, 3.05) is 0 Å².